The predicted molar refractivity (Wildman–Crippen MR) is 72.7 cm³/mol. The van der Waals surface area contributed by atoms with Crippen LogP contribution in [-0.2, 0) is 16.0 Å². The number of aryl methyl sites for hydroxylation is 2. The Balaban J connectivity index is 2.69. The van der Waals surface area contributed by atoms with Crippen molar-refractivity contribution in [2.24, 2.45) is 0 Å². The predicted octanol–water partition coefficient (Wildman–Crippen LogP) is 1.54. The summed E-state index contributed by atoms with van der Waals surface area (Å²) in [6, 6.07) is 0.468. The third kappa shape index (κ3) is 4.24. The number of carboxylic acid groups (broad SMARTS) is 1. The van der Waals surface area contributed by atoms with E-state index in [1.807, 2.05) is 13.8 Å². The molecule has 0 bridgehead atoms. The lowest BCUT2D eigenvalue weighted by Crippen LogP contribution is -2.44. The van der Waals surface area contributed by atoms with Gasteiger partial charge < -0.3 is 19.6 Å². The Morgan fingerprint density at radius 1 is 1.60 bits per heavy atom. The molecule has 0 spiro atoms. The average Bonchev–Trinajstić information content (AvgIpc) is 2.78. The first kappa shape index (κ1) is 16.0. The quantitative estimate of drug-likeness (QED) is 0.557. The van der Waals surface area contributed by atoms with Gasteiger partial charge in [-0.2, -0.15) is 0 Å². The van der Waals surface area contributed by atoms with E-state index in [-0.39, 0.29) is 19.0 Å². The van der Waals surface area contributed by atoms with Gasteiger partial charge in [-0.05, 0) is 18.6 Å². The summed E-state index contributed by atoms with van der Waals surface area (Å²) in [5.41, 5.74) is 0.868. The molecule has 1 aromatic heterocycles. The monoisotopic (exact) mass is 281 g/mol. The second-order valence-corrected chi connectivity index (χ2v) is 4.26. The van der Waals surface area contributed by atoms with E-state index >= 15 is 0 Å². The Bertz CT molecular complexity index is 492. The maximum Gasteiger partial charge on any atom is 0.328 e. The van der Waals surface area contributed by atoms with Gasteiger partial charge in [0.25, 0.3) is 5.91 Å². The highest BCUT2D eigenvalue weighted by molar-refractivity contribution is 5.94. The molecule has 0 saturated carbocycles. The summed E-state index contributed by atoms with van der Waals surface area (Å²) < 4.78 is 10.4. The zero-order valence-corrected chi connectivity index (χ0v) is 11.6. The molecule has 6 heteroatoms. The molecular weight excluding hydrogens is 262 g/mol. The fraction of sp³-hybridized carbons (Fsp3) is 0.429. The van der Waals surface area contributed by atoms with Crippen LogP contribution in [0.5, 0.6) is 0 Å². The van der Waals surface area contributed by atoms with Crippen LogP contribution in [0.2, 0.25) is 0 Å². The average molecular weight is 281 g/mol. The van der Waals surface area contributed by atoms with Gasteiger partial charge in [0.05, 0.1) is 13.2 Å². The molecule has 1 rings (SSSR count). The summed E-state index contributed by atoms with van der Waals surface area (Å²) in [6.07, 6.45) is 2.17. The third-order valence-corrected chi connectivity index (χ3v) is 2.69. The second kappa shape index (κ2) is 7.49. The van der Waals surface area contributed by atoms with E-state index in [4.69, 9.17) is 14.3 Å². The number of aliphatic carboxylic acids is 1. The number of hydrogen-bond donors (Lipinski definition) is 2. The van der Waals surface area contributed by atoms with E-state index in [0.29, 0.717) is 12.2 Å². The largest absolute Gasteiger partial charge is 0.480 e. The molecule has 0 fully saturated rings. The van der Waals surface area contributed by atoms with E-state index in [1.165, 1.54) is 6.08 Å². The van der Waals surface area contributed by atoms with Crippen LogP contribution in [0.1, 0.15) is 28.8 Å². The van der Waals surface area contributed by atoms with Crippen LogP contribution in [0.3, 0.4) is 0 Å². The number of ether oxygens (including phenoxy) is 1. The lowest BCUT2D eigenvalue weighted by Gasteiger charge is -2.13. The van der Waals surface area contributed by atoms with Crippen LogP contribution in [0.15, 0.2) is 23.1 Å². The van der Waals surface area contributed by atoms with Crippen molar-refractivity contribution in [1.29, 1.82) is 0 Å². The van der Waals surface area contributed by atoms with Crippen molar-refractivity contribution in [3.05, 3.63) is 35.8 Å². The second-order valence-electron chi connectivity index (χ2n) is 4.26. The van der Waals surface area contributed by atoms with Gasteiger partial charge in [-0.1, -0.05) is 13.0 Å². The topological polar surface area (TPSA) is 88.8 Å². The summed E-state index contributed by atoms with van der Waals surface area (Å²) in [5.74, 6) is -0.914. The molecule has 0 saturated heterocycles. The van der Waals surface area contributed by atoms with Crippen molar-refractivity contribution in [3.63, 3.8) is 0 Å². The maximum absolute atomic E-state index is 11.9. The van der Waals surface area contributed by atoms with Crippen LogP contribution >= 0.6 is 0 Å². The van der Waals surface area contributed by atoms with Crippen molar-refractivity contribution >= 4 is 11.9 Å². The van der Waals surface area contributed by atoms with Gasteiger partial charge in [-0.3, -0.25) is 4.79 Å². The molecule has 6 nitrogen and oxygen atoms in total. The van der Waals surface area contributed by atoms with Gasteiger partial charge in [0, 0.05) is 6.42 Å². The van der Waals surface area contributed by atoms with Gasteiger partial charge in [-0.25, -0.2) is 4.79 Å². The van der Waals surface area contributed by atoms with Crippen molar-refractivity contribution in [1.82, 2.24) is 5.32 Å². The SMILES string of the molecule is C=CCOCC(NC(=O)c1cc(C)c(CC)o1)C(=O)O. The Morgan fingerprint density at radius 2 is 2.30 bits per heavy atom. The fourth-order valence-corrected chi connectivity index (χ4v) is 1.66. The lowest BCUT2D eigenvalue weighted by atomic mass is 10.2. The first-order valence-corrected chi connectivity index (χ1v) is 6.31. The highest BCUT2D eigenvalue weighted by atomic mass is 16.5. The lowest BCUT2D eigenvalue weighted by molar-refractivity contribution is -0.140. The van der Waals surface area contributed by atoms with Crippen LogP contribution < -0.4 is 5.32 Å². The van der Waals surface area contributed by atoms with Crippen LogP contribution in [0, 0.1) is 6.92 Å². The molecule has 0 radical (unpaired) electrons. The Hall–Kier alpha value is -2.08. The number of carboxylic acids is 1. The zero-order valence-electron chi connectivity index (χ0n) is 11.6. The molecule has 0 aliphatic rings. The summed E-state index contributed by atoms with van der Waals surface area (Å²) in [7, 11) is 0. The molecule has 1 unspecified atom stereocenters. The summed E-state index contributed by atoms with van der Waals surface area (Å²) in [4.78, 5) is 23.0. The minimum absolute atomic E-state index is 0.106. The molecular formula is C14H19NO5. The van der Waals surface area contributed by atoms with Crippen LogP contribution in [0.25, 0.3) is 0 Å². The standard InChI is InChI=1S/C14H19NO5/c1-4-6-19-8-10(14(17)18)15-13(16)12-7-9(3)11(5-2)20-12/h4,7,10H,1,5-6,8H2,2-3H3,(H,15,16)(H,17,18). The smallest absolute Gasteiger partial charge is 0.328 e. The molecule has 1 atom stereocenters. The number of furan rings is 1. The minimum atomic E-state index is -1.17. The molecule has 1 aromatic rings. The molecule has 20 heavy (non-hydrogen) atoms. The van der Waals surface area contributed by atoms with Gasteiger partial charge in [0.15, 0.2) is 11.8 Å². The zero-order chi connectivity index (χ0) is 15.1. The molecule has 1 heterocycles. The molecule has 0 aliphatic heterocycles. The number of hydrogen-bond acceptors (Lipinski definition) is 4. The molecule has 110 valence electrons. The Morgan fingerprint density at radius 3 is 2.80 bits per heavy atom. The fourth-order valence-electron chi connectivity index (χ4n) is 1.66. The first-order valence-electron chi connectivity index (χ1n) is 6.31. The molecule has 1 amide bonds. The third-order valence-electron chi connectivity index (χ3n) is 2.69. The Kier molecular flexibility index (Phi) is 5.99. The van der Waals surface area contributed by atoms with E-state index < -0.39 is 17.9 Å². The highest BCUT2D eigenvalue weighted by Gasteiger charge is 2.23. The number of amides is 1. The Labute approximate surface area is 117 Å². The molecule has 0 aromatic carbocycles. The van der Waals surface area contributed by atoms with E-state index in [1.54, 1.807) is 6.07 Å². The summed E-state index contributed by atoms with van der Waals surface area (Å²) in [6.45, 7) is 7.30. The van der Waals surface area contributed by atoms with Crippen LogP contribution in [0.4, 0.5) is 0 Å². The molecule has 2 N–H and O–H groups in total. The van der Waals surface area contributed by atoms with Gasteiger partial charge in [0.1, 0.15) is 5.76 Å². The van der Waals surface area contributed by atoms with Gasteiger partial charge in [0.2, 0.25) is 0 Å². The highest BCUT2D eigenvalue weighted by Crippen LogP contribution is 2.15. The minimum Gasteiger partial charge on any atom is -0.480 e. The first-order chi connectivity index (χ1) is 9.49. The van der Waals surface area contributed by atoms with Gasteiger partial charge in [-0.15, -0.1) is 6.58 Å². The molecule has 0 aliphatic carbocycles. The van der Waals surface area contributed by atoms with Crippen molar-refractivity contribution in [2.75, 3.05) is 13.2 Å². The number of nitrogens with one attached hydrogen (secondary N) is 1. The van der Waals surface area contributed by atoms with E-state index in [2.05, 4.69) is 11.9 Å². The van der Waals surface area contributed by atoms with Crippen molar-refractivity contribution < 1.29 is 23.8 Å². The number of carbonyl (C=O) groups is 2. The van der Waals surface area contributed by atoms with E-state index in [9.17, 15) is 9.59 Å². The maximum atomic E-state index is 11.9. The van der Waals surface area contributed by atoms with Crippen molar-refractivity contribution in [2.45, 2.75) is 26.3 Å². The normalized spacial score (nSPS) is 11.9. The number of rotatable bonds is 8. The van der Waals surface area contributed by atoms with Gasteiger partial charge >= 0.3 is 5.97 Å². The number of carbonyl (C=O) groups excluding carboxylic acids is 1. The summed E-state index contributed by atoms with van der Waals surface area (Å²) >= 11 is 0. The van der Waals surface area contributed by atoms with Crippen molar-refractivity contribution in [3.8, 4) is 0 Å². The van der Waals surface area contributed by atoms with E-state index in [0.717, 1.165) is 5.56 Å². The summed E-state index contributed by atoms with van der Waals surface area (Å²) in [5, 5.41) is 11.4. The van der Waals surface area contributed by atoms with Crippen LogP contribution in [-0.4, -0.2) is 36.2 Å².